The second-order valence-electron chi connectivity index (χ2n) is 4.83. The Kier molecular flexibility index (Phi) is 4.79. The van der Waals surface area contributed by atoms with Crippen LogP contribution in [-0.4, -0.2) is 19.0 Å². The molecule has 0 unspecified atom stereocenters. The highest BCUT2D eigenvalue weighted by atomic mass is 16.1. The molecular formula is C15H19N3O. The van der Waals surface area contributed by atoms with Crippen LogP contribution in [0.2, 0.25) is 0 Å². The van der Waals surface area contributed by atoms with Crippen LogP contribution in [0, 0.1) is 11.3 Å². The smallest absolute Gasteiger partial charge is 0.234 e. The van der Waals surface area contributed by atoms with E-state index in [1.54, 1.807) is 0 Å². The Hall–Kier alpha value is -2.02. The summed E-state index contributed by atoms with van der Waals surface area (Å²) in [4.78, 5) is 13.6. The molecule has 1 saturated heterocycles. The summed E-state index contributed by atoms with van der Waals surface area (Å²) in [5.41, 5.74) is 2.32. The van der Waals surface area contributed by atoms with Gasteiger partial charge in [0.15, 0.2) is 0 Å². The summed E-state index contributed by atoms with van der Waals surface area (Å²) in [7, 11) is 0. The summed E-state index contributed by atoms with van der Waals surface area (Å²) >= 11 is 0. The van der Waals surface area contributed by atoms with Crippen LogP contribution < -0.4 is 10.2 Å². The molecule has 4 heteroatoms. The van der Waals surface area contributed by atoms with Gasteiger partial charge in [0.25, 0.3) is 0 Å². The molecule has 0 bridgehead atoms. The zero-order valence-electron chi connectivity index (χ0n) is 11.1. The second kappa shape index (κ2) is 6.79. The molecule has 1 aliphatic rings. The highest BCUT2D eigenvalue weighted by Gasteiger charge is 2.10. The molecule has 0 aromatic heterocycles. The number of carbonyl (C=O) groups excluding carboxylic acids is 1. The molecule has 2 rings (SSSR count). The number of rotatable bonds is 4. The largest absolute Gasteiger partial charge is 0.372 e. The third kappa shape index (κ3) is 3.99. The van der Waals surface area contributed by atoms with Crippen molar-refractivity contribution in [2.75, 3.05) is 18.0 Å². The maximum absolute atomic E-state index is 11.2. The molecule has 0 spiro atoms. The van der Waals surface area contributed by atoms with Crippen molar-refractivity contribution >= 4 is 11.6 Å². The molecule has 1 heterocycles. The Labute approximate surface area is 114 Å². The van der Waals surface area contributed by atoms with Gasteiger partial charge >= 0.3 is 0 Å². The van der Waals surface area contributed by atoms with Gasteiger partial charge in [0.05, 0.1) is 6.07 Å². The van der Waals surface area contributed by atoms with Gasteiger partial charge < -0.3 is 10.2 Å². The summed E-state index contributed by atoms with van der Waals surface area (Å²) in [5.74, 6) is -0.220. The minimum absolute atomic E-state index is 0.0775. The first-order valence-electron chi connectivity index (χ1n) is 6.77. The van der Waals surface area contributed by atoms with Crippen LogP contribution in [0.5, 0.6) is 0 Å². The SMILES string of the molecule is N#CCC(=O)NCc1ccc(N2CCCCC2)cc1. The van der Waals surface area contributed by atoms with Gasteiger partial charge in [-0.2, -0.15) is 5.26 Å². The summed E-state index contributed by atoms with van der Waals surface area (Å²) in [5, 5.41) is 11.1. The van der Waals surface area contributed by atoms with Gasteiger partial charge in [-0.1, -0.05) is 12.1 Å². The van der Waals surface area contributed by atoms with E-state index in [4.69, 9.17) is 5.26 Å². The van der Waals surface area contributed by atoms with Crippen molar-refractivity contribution in [3.8, 4) is 6.07 Å². The molecule has 0 saturated carbocycles. The van der Waals surface area contributed by atoms with Crippen LogP contribution in [-0.2, 0) is 11.3 Å². The maximum Gasteiger partial charge on any atom is 0.234 e. The summed E-state index contributed by atoms with van der Waals surface area (Å²) in [6, 6.07) is 10.1. The van der Waals surface area contributed by atoms with Crippen LogP contribution in [0.1, 0.15) is 31.2 Å². The number of nitrogens with one attached hydrogen (secondary N) is 1. The van der Waals surface area contributed by atoms with Gasteiger partial charge in [-0.25, -0.2) is 0 Å². The monoisotopic (exact) mass is 257 g/mol. The van der Waals surface area contributed by atoms with Crippen LogP contribution in [0.15, 0.2) is 24.3 Å². The number of amides is 1. The molecule has 1 aliphatic heterocycles. The summed E-state index contributed by atoms with van der Waals surface area (Å²) in [6.45, 7) is 2.76. The molecule has 0 atom stereocenters. The normalized spacial score (nSPS) is 14.8. The van der Waals surface area contributed by atoms with Crippen molar-refractivity contribution in [2.24, 2.45) is 0 Å². The van der Waals surface area contributed by atoms with Gasteiger partial charge in [0, 0.05) is 25.3 Å². The second-order valence-corrected chi connectivity index (χ2v) is 4.83. The fourth-order valence-corrected chi connectivity index (χ4v) is 2.31. The van der Waals surface area contributed by atoms with Gasteiger partial charge in [-0.05, 0) is 37.0 Å². The minimum atomic E-state index is -0.220. The lowest BCUT2D eigenvalue weighted by atomic mass is 10.1. The number of benzene rings is 1. The van der Waals surface area contributed by atoms with E-state index in [-0.39, 0.29) is 12.3 Å². The number of nitrogens with zero attached hydrogens (tertiary/aromatic N) is 2. The van der Waals surface area contributed by atoms with Gasteiger partial charge in [0.2, 0.25) is 5.91 Å². The Bertz CT molecular complexity index is 455. The quantitative estimate of drug-likeness (QED) is 0.899. The molecular weight excluding hydrogens is 238 g/mol. The maximum atomic E-state index is 11.2. The molecule has 1 aromatic rings. The highest BCUT2D eigenvalue weighted by Crippen LogP contribution is 2.20. The Morgan fingerprint density at radius 3 is 2.53 bits per heavy atom. The third-order valence-corrected chi connectivity index (χ3v) is 3.39. The molecule has 19 heavy (non-hydrogen) atoms. The van der Waals surface area contributed by atoms with E-state index in [9.17, 15) is 4.79 Å². The van der Waals surface area contributed by atoms with Crippen molar-refractivity contribution in [2.45, 2.75) is 32.2 Å². The third-order valence-electron chi connectivity index (χ3n) is 3.39. The number of nitriles is 1. The first kappa shape index (κ1) is 13.4. The van der Waals surface area contributed by atoms with Crippen LogP contribution in [0.25, 0.3) is 0 Å². The molecule has 0 aliphatic carbocycles. The predicted octanol–water partition coefficient (Wildman–Crippen LogP) is 2.21. The van der Waals surface area contributed by atoms with Crippen LogP contribution in [0.4, 0.5) is 5.69 Å². The summed E-state index contributed by atoms with van der Waals surface area (Å²) < 4.78 is 0. The van der Waals surface area contributed by atoms with E-state index >= 15 is 0 Å². The highest BCUT2D eigenvalue weighted by molar-refractivity contribution is 5.77. The van der Waals surface area contributed by atoms with Crippen LogP contribution >= 0.6 is 0 Å². The summed E-state index contributed by atoms with van der Waals surface area (Å²) in [6.07, 6.45) is 3.79. The van der Waals surface area contributed by atoms with Crippen molar-refractivity contribution < 1.29 is 4.79 Å². The Morgan fingerprint density at radius 1 is 1.21 bits per heavy atom. The van der Waals surface area contributed by atoms with Gasteiger partial charge in [0.1, 0.15) is 6.42 Å². The molecule has 0 radical (unpaired) electrons. The Balaban J connectivity index is 1.87. The number of carbonyl (C=O) groups is 1. The van der Waals surface area contributed by atoms with E-state index in [0.717, 1.165) is 18.7 Å². The molecule has 1 aromatic carbocycles. The molecule has 1 amide bonds. The first-order valence-corrected chi connectivity index (χ1v) is 6.77. The molecule has 100 valence electrons. The van der Waals surface area contributed by atoms with Gasteiger partial charge in [-0.3, -0.25) is 4.79 Å². The predicted molar refractivity (Wildman–Crippen MR) is 74.6 cm³/mol. The van der Waals surface area contributed by atoms with Crippen LogP contribution in [0.3, 0.4) is 0 Å². The average Bonchev–Trinajstić information content (AvgIpc) is 2.47. The lowest BCUT2D eigenvalue weighted by molar-refractivity contribution is -0.120. The lowest BCUT2D eigenvalue weighted by Gasteiger charge is -2.28. The Morgan fingerprint density at radius 2 is 1.89 bits per heavy atom. The first-order chi connectivity index (χ1) is 9.29. The van der Waals surface area contributed by atoms with Crippen molar-refractivity contribution in [3.63, 3.8) is 0 Å². The zero-order valence-corrected chi connectivity index (χ0v) is 11.1. The van der Waals surface area contributed by atoms with E-state index < -0.39 is 0 Å². The van der Waals surface area contributed by atoms with Crippen molar-refractivity contribution in [3.05, 3.63) is 29.8 Å². The fraction of sp³-hybridized carbons (Fsp3) is 0.467. The lowest BCUT2D eigenvalue weighted by Crippen LogP contribution is -2.29. The number of hydrogen-bond acceptors (Lipinski definition) is 3. The van der Waals surface area contributed by atoms with E-state index in [2.05, 4.69) is 22.3 Å². The van der Waals surface area contributed by atoms with E-state index in [1.807, 2.05) is 18.2 Å². The average molecular weight is 257 g/mol. The van der Waals surface area contributed by atoms with Crippen molar-refractivity contribution in [1.29, 1.82) is 5.26 Å². The standard InChI is InChI=1S/C15H19N3O/c16-9-8-15(19)17-12-13-4-6-14(7-5-13)18-10-2-1-3-11-18/h4-7H,1-3,8,10-12H2,(H,17,19). The molecule has 4 nitrogen and oxygen atoms in total. The minimum Gasteiger partial charge on any atom is -0.372 e. The molecule has 1 N–H and O–H groups in total. The zero-order chi connectivity index (χ0) is 13.5. The van der Waals surface area contributed by atoms with Crippen molar-refractivity contribution in [1.82, 2.24) is 5.32 Å². The fourth-order valence-electron chi connectivity index (χ4n) is 2.31. The number of piperidine rings is 1. The van der Waals surface area contributed by atoms with E-state index in [1.165, 1.54) is 24.9 Å². The topological polar surface area (TPSA) is 56.1 Å². The number of anilines is 1. The van der Waals surface area contributed by atoms with E-state index in [0.29, 0.717) is 6.54 Å². The molecule has 1 fully saturated rings. The van der Waals surface area contributed by atoms with Gasteiger partial charge in [-0.15, -0.1) is 0 Å². The number of hydrogen-bond donors (Lipinski definition) is 1.